The van der Waals surface area contributed by atoms with Crippen LogP contribution in [-0.4, -0.2) is 26.9 Å². The Labute approximate surface area is 149 Å². The first-order valence-electron chi connectivity index (χ1n) is 8.92. The molecule has 2 bridgehead atoms. The normalized spacial score (nSPS) is 26.4. The lowest BCUT2D eigenvalue weighted by atomic mass is 9.84. The Bertz CT molecular complexity index is 760. The van der Waals surface area contributed by atoms with Crippen LogP contribution in [0.4, 0.5) is 0 Å². The van der Waals surface area contributed by atoms with Gasteiger partial charge in [0.2, 0.25) is 10.0 Å². The fourth-order valence-electron chi connectivity index (χ4n) is 4.36. The molecule has 4 unspecified atom stereocenters. The van der Waals surface area contributed by atoms with Gasteiger partial charge < -0.3 is 5.32 Å². The third-order valence-electron chi connectivity index (χ3n) is 5.62. The fourth-order valence-corrected chi connectivity index (χ4v) is 5.40. The topological polar surface area (TPSA) is 75.3 Å². The number of benzene rings is 1. The van der Waals surface area contributed by atoms with Crippen molar-refractivity contribution < 1.29 is 13.2 Å². The molecule has 2 aliphatic carbocycles. The highest BCUT2D eigenvalue weighted by Gasteiger charge is 2.42. The zero-order valence-electron chi connectivity index (χ0n) is 14.6. The number of sulfonamides is 1. The molecule has 1 aromatic rings. The summed E-state index contributed by atoms with van der Waals surface area (Å²) in [5.41, 5.74) is 0.372. The summed E-state index contributed by atoms with van der Waals surface area (Å²) < 4.78 is 26.8. The van der Waals surface area contributed by atoms with Crippen molar-refractivity contribution in [1.82, 2.24) is 10.0 Å². The van der Waals surface area contributed by atoms with Crippen LogP contribution in [0, 0.1) is 17.8 Å². The van der Waals surface area contributed by atoms with E-state index in [0.29, 0.717) is 11.5 Å². The molecule has 6 heteroatoms. The highest BCUT2D eigenvalue weighted by atomic mass is 32.2. The van der Waals surface area contributed by atoms with E-state index in [2.05, 4.69) is 23.5 Å². The molecular formula is C19H26N2O3S. The number of hydrogen-bond acceptors (Lipinski definition) is 3. The standard InChI is InChI=1S/C19H26N2O3S/c1-3-9-20-25(23,24)17-6-4-5-16(12-17)19(22)21-13(2)18-11-14-7-8-15(18)10-14/h3-6,12-15,18,20H,1,7-11H2,2H3,(H,21,22). The van der Waals surface area contributed by atoms with Gasteiger partial charge in [-0.05, 0) is 62.1 Å². The van der Waals surface area contributed by atoms with E-state index in [1.54, 1.807) is 12.1 Å². The molecule has 0 aliphatic heterocycles. The third-order valence-corrected chi connectivity index (χ3v) is 7.04. The summed E-state index contributed by atoms with van der Waals surface area (Å²) in [5.74, 6) is 1.90. The van der Waals surface area contributed by atoms with Crippen molar-refractivity contribution in [1.29, 1.82) is 0 Å². The third kappa shape index (κ3) is 3.96. The Hall–Kier alpha value is -1.66. The second-order valence-electron chi connectivity index (χ2n) is 7.27. The first kappa shape index (κ1) is 18.1. The first-order chi connectivity index (χ1) is 11.9. The summed E-state index contributed by atoms with van der Waals surface area (Å²) in [6.07, 6.45) is 6.59. The molecule has 0 spiro atoms. The van der Waals surface area contributed by atoms with Gasteiger partial charge in [0.15, 0.2) is 0 Å². The van der Waals surface area contributed by atoms with Gasteiger partial charge in [0.05, 0.1) is 4.90 Å². The van der Waals surface area contributed by atoms with E-state index < -0.39 is 10.0 Å². The minimum absolute atomic E-state index is 0.0922. The van der Waals surface area contributed by atoms with Gasteiger partial charge in [-0.15, -0.1) is 6.58 Å². The molecule has 0 saturated heterocycles. The summed E-state index contributed by atoms with van der Waals surface area (Å²) in [4.78, 5) is 12.7. The Balaban J connectivity index is 1.68. The summed E-state index contributed by atoms with van der Waals surface area (Å²) in [6.45, 7) is 5.72. The Morgan fingerprint density at radius 2 is 2.16 bits per heavy atom. The minimum Gasteiger partial charge on any atom is -0.349 e. The maximum atomic E-state index is 12.6. The zero-order valence-corrected chi connectivity index (χ0v) is 15.4. The fraction of sp³-hybridized carbons (Fsp3) is 0.526. The maximum absolute atomic E-state index is 12.6. The second-order valence-corrected chi connectivity index (χ2v) is 9.04. The lowest BCUT2D eigenvalue weighted by Gasteiger charge is -2.28. The van der Waals surface area contributed by atoms with Crippen molar-refractivity contribution in [2.75, 3.05) is 6.54 Å². The Morgan fingerprint density at radius 3 is 2.80 bits per heavy atom. The average molecular weight is 362 g/mol. The smallest absolute Gasteiger partial charge is 0.251 e. The quantitative estimate of drug-likeness (QED) is 0.732. The van der Waals surface area contributed by atoms with Crippen molar-refractivity contribution in [2.24, 2.45) is 17.8 Å². The van der Waals surface area contributed by atoms with Crippen molar-refractivity contribution in [2.45, 2.75) is 43.5 Å². The summed E-state index contributed by atoms with van der Waals surface area (Å²) in [6, 6.07) is 6.27. The number of nitrogens with one attached hydrogen (secondary N) is 2. The van der Waals surface area contributed by atoms with Gasteiger partial charge in [-0.3, -0.25) is 4.79 Å². The molecule has 1 aromatic carbocycles. The molecule has 136 valence electrons. The van der Waals surface area contributed by atoms with E-state index in [-0.39, 0.29) is 23.4 Å². The van der Waals surface area contributed by atoms with Gasteiger partial charge in [0.25, 0.3) is 5.91 Å². The summed E-state index contributed by atoms with van der Waals surface area (Å²) in [5, 5.41) is 3.07. The number of rotatable bonds is 7. The lowest BCUT2D eigenvalue weighted by molar-refractivity contribution is 0.0915. The van der Waals surface area contributed by atoms with Gasteiger partial charge in [0, 0.05) is 18.2 Å². The van der Waals surface area contributed by atoms with E-state index in [0.717, 1.165) is 11.8 Å². The van der Waals surface area contributed by atoms with Gasteiger partial charge in [-0.1, -0.05) is 18.6 Å². The SMILES string of the molecule is C=CCNS(=O)(=O)c1cccc(C(=O)NC(C)C2CC3CCC2C3)c1. The number of fused-ring (bicyclic) bond motifs is 2. The minimum atomic E-state index is -3.63. The van der Waals surface area contributed by atoms with Crippen LogP contribution in [-0.2, 0) is 10.0 Å². The number of carbonyl (C=O) groups excluding carboxylic acids is 1. The van der Waals surface area contributed by atoms with Crippen LogP contribution in [0.3, 0.4) is 0 Å². The van der Waals surface area contributed by atoms with Gasteiger partial charge in [-0.25, -0.2) is 13.1 Å². The summed E-state index contributed by atoms with van der Waals surface area (Å²) in [7, 11) is -3.63. The van der Waals surface area contributed by atoms with Crippen molar-refractivity contribution in [3.05, 3.63) is 42.5 Å². The largest absolute Gasteiger partial charge is 0.349 e. The Morgan fingerprint density at radius 1 is 1.36 bits per heavy atom. The molecule has 25 heavy (non-hydrogen) atoms. The van der Waals surface area contributed by atoms with E-state index in [1.165, 1.54) is 43.9 Å². The van der Waals surface area contributed by atoms with Crippen LogP contribution in [0.1, 0.15) is 43.0 Å². The first-order valence-corrected chi connectivity index (χ1v) is 10.4. The van der Waals surface area contributed by atoms with Gasteiger partial charge in [-0.2, -0.15) is 0 Å². The summed E-state index contributed by atoms with van der Waals surface area (Å²) >= 11 is 0. The molecule has 0 radical (unpaired) electrons. The van der Waals surface area contributed by atoms with Crippen LogP contribution < -0.4 is 10.0 Å². The molecule has 2 N–H and O–H groups in total. The molecule has 1 amide bonds. The number of hydrogen-bond donors (Lipinski definition) is 2. The molecule has 2 aliphatic rings. The zero-order chi connectivity index (χ0) is 18.0. The molecular weight excluding hydrogens is 336 g/mol. The van der Waals surface area contributed by atoms with Crippen LogP contribution in [0.15, 0.2) is 41.8 Å². The van der Waals surface area contributed by atoms with Crippen molar-refractivity contribution >= 4 is 15.9 Å². The predicted octanol–water partition coefficient (Wildman–Crippen LogP) is 2.71. The van der Waals surface area contributed by atoms with Crippen molar-refractivity contribution in [3.63, 3.8) is 0 Å². The van der Waals surface area contributed by atoms with E-state index >= 15 is 0 Å². The van der Waals surface area contributed by atoms with Crippen LogP contribution >= 0.6 is 0 Å². The molecule has 0 aromatic heterocycles. The van der Waals surface area contributed by atoms with Crippen molar-refractivity contribution in [3.8, 4) is 0 Å². The number of amides is 1. The van der Waals surface area contributed by atoms with E-state index in [9.17, 15) is 13.2 Å². The highest BCUT2D eigenvalue weighted by molar-refractivity contribution is 7.89. The molecule has 2 fully saturated rings. The van der Waals surface area contributed by atoms with E-state index in [1.807, 2.05) is 0 Å². The molecule has 5 nitrogen and oxygen atoms in total. The Kier molecular flexibility index (Phi) is 5.29. The lowest BCUT2D eigenvalue weighted by Crippen LogP contribution is -2.40. The number of carbonyl (C=O) groups is 1. The molecule has 4 atom stereocenters. The monoisotopic (exact) mass is 362 g/mol. The predicted molar refractivity (Wildman–Crippen MR) is 97.7 cm³/mol. The molecule has 2 saturated carbocycles. The van der Waals surface area contributed by atoms with Crippen LogP contribution in [0.5, 0.6) is 0 Å². The molecule has 0 heterocycles. The van der Waals surface area contributed by atoms with Gasteiger partial charge in [0.1, 0.15) is 0 Å². The van der Waals surface area contributed by atoms with E-state index in [4.69, 9.17) is 0 Å². The molecule has 3 rings (SSSR count). The maximum Gasteiger partial charge on any atom is 0.251 e. The second kappa shape index (κ2) is 7.30. The van der Waals surface area contributed by atoms with Gasteiger partial charge >= 0.3 is 0 Å². The average Bonchev–Trinajstić information content (AvgIpc) is 3.23. The van der Waals surface area contributed by atoms with Crippen LogP contribution in [0.25, 0.3) is 0 Å². The highest BCUT2D eigenvalue weighted by Crippen LogP contribution is 2.49. The van der Waals surface area contributed by atoms with Crippen LogP contribution in [0.2, 0.25) is 0 Å².